The molecule has 6 nitrogen and oxygen atoms in total. The summed E-state index contributed by atoms with van der Waals surface area (Å²) < 4.78 is 5.25. The molecule has 3 aromatic rings. The third-order valence-electron chi connectivity index (χ3n) is 3.78. The van der Waals surface area contributed by atoms with E-state index in [1.54, 1.807) is 72.8 Å². The molecule has 0 aromatic heterocycles. The van der Waals surface area contributed by atoms with Gasteiger partial charge in [0, 0.05) is 32.7 Å². The molecule has 0 aliphatic carbocycles. The summed E-state index contributed by atoms with van der Waals surface area (Å²) in [6.45, 7) is -0.0278. The number of urea groups is 1. The zero-order valence-electron chi connectivity index (χ0n) is 15.1. The summed E-state index contributed by atoms with van der Waals surface area (Å²) in [4.78, 5) is 24.3. The molecule has 0 aliphatic heterocycles. The number of halogens is 2. The van der Waals surface area contributed by atoms with E-state index in [4.69, 9.17) is 27.9 Å². The zero-order valence-corrected chi connectivity index (χ0v) is 16.6. The number of hydrogen-bond acceptors (Lipinski definition) is 3. The first-order valence-corrected chi connectivity index (χ1v) is 9.36. The molecule has 0 fully saturated rings. The van der Waals surface area contributed by atoms with Gasteiger partial charge in [0.1, 0.15) is 6.61 Å². The highest BCUT2D eigenvalue weighted by Gasteiger charge is 2.10. The average Bonchev–Trinajstić information content (AvgIpc) is 2.67. The number of ether oxygens (including phenoxy) is 1. The minimum Gasteiger partial charge on any atom is -0.444 e. The molecule has 0 bridgehead atoms. The quantitative estimate of drug-likeness (QED) is 0.439. The highest BCUT2D eigenvalue weighted by Crippen LogP contribution is 2.19. The molecule has 8 heteroatoms. The molecule has 0 unspecified atom stereocenters. The Kier molecular flexibility index (Phi) is 6.94. The van der Waals surface area contributed by atoms with E-state index in [2.05, 4.69) is 16.0 Å². The van der Waals surface area contributed by atoms with Gasteiger partial charge in [0.05, 0.1) is 0 Å². The minimum absolute atomic E-state index is 0.0278. The van der Waals surface area contributed by atoms with Gasteiger partial charge < -0.3 is 15.4 Å². The number of benzene rings is 3. The van der Waals surface area contributed by atoms with Crippen LogP contribution in [0, 0.1) is 0 Å². The largest absolute Gasteiger partial charge is 0.444 e. The van der Waals surface area contributed by atoms with Crippen LogP contribution in [0.25, 0.3) is 0 Å². The van der Waals surface area contributed by atoms with Crippen molar-refractivity contribution in [3.05, 3.63) is 88.4 Å². The van der Waals surface area contributed by atoms with Crippen LogP contribution >= 0.6 is 23.2 Å². The Morgan fingerprint density at radius 3 is 2.03 bits per heavy atom. The van der Waals surface area contributed by atoms with Gasteiger partial charge >= 0.3 is 12.1 Å². The highest BCUT2D eigenvalue weighted by molar-refractivity contribution is 6.31. The standard InChI is InChI=1S/C21H17Cl2N3O3/c22-15-6-3-8-17(11-15)24-20(27)26-19-10-2-1-5-14(19)13-29-21(28)25-18-9-4-7-16(23)12-18/h1-12H,13H2,(H,25,28)(H2,24,26,27). The van der Waals surface area contributed by atoms with Gasteiger partial charge in [-0.2, -0.15) is 0 Å². The molecule has 0 atom stereocenters. The number of anilines is 3. The predicted molar refractivity (Wildman–Crippen MR) is 116 cm³/mol. The van der Waals surface area contributed by atoms with Gasteiger partial charge in [-0.05, 0) is 42.5 Å². The second kappa shape index (κ2) is 9.82. The van der Waals surface area contributed by atoms with Crippen molar-refractivity contribution < 1.29 is 14.3 Å². The van der Waals surface area contributed by atoms with Crippen molar-refractivity contribution in [3.8, 4) is 0 Å². The molecule has 0 spiro atoms. The normalized spacial score (nSPS) is 10.1. The molecule has 3 rings (SSSR count). The monoisotopic (exact) mass is 429 g/mol. The van der Waals surface area contributed by atoms with Gasteiger partial charge in [0.25, 0.3) is 0 Å². The summed E-state index contributed by atoms with van der Waals surface area (Å²) in [5.41, 5.74) is 2.23. The summed E-state index contributed by atoms with van der Waals surface area (Å²) >= 11 is 11.8. The van der Waals surface area contributed by atoms with Gasteiger partial charge in [-0.3, -0.25) is 5.32 Å². The van der Waals surface area contributed by atoms with E-state index >= 15 is 0 Å². The lowest BCUT2D eigenvalue weighted by molar-refractivity contribution is 0.155. The Morgan fingerprint density at radius 1 is 0.759 bits per heavy atom. The molecule has 3 aromatic carbocycles. The van der Waals surface area contributed by atoms with E-state index in [-0.39, 0.29) is 6.61 Å². The number of para-hydroxylation sites is 1. The summed E-state index contributed by atoms with van der Waals surface area (Å²) in [6, 6.07) is 20.1. The molecule has 3 amide bonds. The van der Waals surface area contributed by atoms with E-state index in [1.165, 1.54) is 0 Å². The smallest absolute Gasteiger partial charge is 0.411 e. The van der Waals surface area contributed by atoms with Crippen LogP contribution in [0.1, 0.15) is 5.56 Å². The molecule has 0 saturated heterocycles. The first kappa shape index (κ1) is 20.5. The number of rotatable bonds is 5. The molecule has 0 heterocycles. The zero-order chi connectivity index (χ0) is 20.6. The van der Waals surface area contributed by atoms with Crippen molar-refractivity contribution in [2.75, 3.05) is 16.0 Å². The van der Waals surface area contributed by atoms with E-state index in [0.29, 0.717) is 32.7 Å². The first-order chi connectivity index (χ1) is 14.0. The van der Waals surface area contributed by atoms with Crippen molar-refractivity contribution in [2.24, 2.45) is 0 Å². The van der Waals surface area contributed by atoms with Crippen LogP contribution in [0.4, 0.5) is 26.7 Å². The van der Waals surface area contributed by atoms with Crippen LogP contribution in [0.2, 0.25) is 10.0 Å². The molecule has 3 N–H and O–H groups in total. The second-order valence-corrected chi connectivity index (χ2v) is 6.83. The van der Waals surface area contributed by atoms with Gasteiger partial charge in [-0.1, -0.05) is 53.5 Å². The second-order valence-electron chi connectivity index (χ2n) is 5.96. The fraction of sp³-hybridized carbons (Fsp3) is 0.0476. The minimum atomic E-state index is -0.634. The molecule has 29 heavy (non-hydrogen) atoms. The molecule has 0 saturated carbocycles. The van der Waals surface area contributed by atoms with E-state index in [0.717, 1.165) is 0 Å². The lowest BCUT2D eigenvalue weighted by Crippen LogP contribution is -2.20. The molecular weight excluding hydrogens is 413 g/mol. The van der Waals surface area contributed by atoms with Crippen molar-refractivity contribution >= 4 is 52.4 Å². The average molecular weight is 430 g/mol. The maximum Gasteiger partial charge on any atom is 0.411 e. The molecule has 148 valence electrons. The summed E-state index contributed by atoms with van der Waals surface area (Å²) in [5, 5.41) is 9.04. The van der Waals surface area contributed by atoms with Gasteiger partial charge in [0.15, 0.2) is 0 Å². The third kappa shape index (κ3) is 6.41. The van der Waals surface area contributed by atoms with Crippen LogP contribution in [0.5, 0.6) is 0 Å². The third-order valence-corrected chi connectivity index (χ3v) is 4.25. The lowest BCUT2D eigenvalue weighted by atomic mass is 10.2. The highest BCUT2D eigenvalue weighted by atomic mass is 35.5. The predicted octanol–water partition coefficient (Wildman–Crippen LogP) is 6.39. The Bertz CT molecular complexity index is 1030. The molecule has 0 aliphatic rings. The Labute approximate surface area is 177 Å². The van der Waals surface area contributed by atoms with Crippen molar-refractivity contribution in [1.29, 1.82) is 0 Å². The SMILES string of the molecule is O=C(Nc1cccc(Cl)c1)Nc1ccccc1COC(=O)Nc1cccc(Cl)c1. The topological polar surface area (TPSA) is 79.5 Å². The maximum absolute atomic E-state index is 12.3. The first-order valence-electron chi connectivity index (χ1n) is 8.60. The number of carbonyl (C=O) groups is 2. The Morgan fingerprint density at radius 2 is 1.38 bits per heavy atom. The van der Waals surface area contributed by atoms with E-state index < -0.39 is 12.1 Å². The number of nitrogens with one attached hydrogen (secondary N) is 3. The fourth-order valence-corrected chi connectivity index (χ4v) is 2.86. The maximum atomic E-state index is 12.3. The Balaban J connectivity index is 1.58. The van der Waals surface area contributed by atoms with Crippen LogP contribution in [-0.4, -0.2) is 12.1 Å². The van der Waals surface area contributed by atoms with Crippen LogP contribution in [0.15, 0.2) is 72.8 Å². The number of amides is 3. The van der Waals surface area contributed by atoms with Gasteiger partial charge in [-0.15, -0.1) is 0 Å². The fourth-order valence-electron chi connectivity index (χ4n) is 2.48. The van der Waals surface area contributed by atoms with Gasteiger partial charge in [0.2, 0.25) is 0 Å². The van der Waals surface area contributed by atoms with Crippen molar-refractivity contribution in [1.82, 2.24) is 0 Å². The van der Waals surface area contributed by atoms with Crippen LogP contribution in [-0.2, 0) is 11.3 Å². The molecular formula is C21H17Cl2N3O3. The number of hydrogen-bond donors (Lipinski definition) is 3. The lowest BCUT2D eigenvalue weighted by Gasteiger charge is -2.13. The number of carbonyl (C=O) groups excluding carboxylic acids is 2. The summed E-state index contributed by atoms with van der Waals surface area (Å²) in [6.07, 6.45) is -0.634. The summed E-state index contributed by atoms with van der Waals surface area (Å²) in [5.74, 6) is 0. The van der Waals surface area contributed by atoms with Crippen LogP contribution in [0.3, 0.4) is 0 Å². The van der Waals surface area contributed by atoms with Crippen molar-refractivity contribution in [3.63, 3.8) is 0 Å². The summed E-state index contributed by atoms with van der Waals surface area (Å²) in [7, 11) is 0. The van der Waals surface area contributed by atoms with E-state index in [9.17, 15) is 9.59 Å². The molecule has 0 radical (unpaired) electrons. The Hall–Kier alpha value is -3.22. The van der Waals surface area contributed by atoms with Crippen molar-refractivity contribution in [2.45, 2.75) is 6.61 Å². The van der Waals surface area contributed by atoms with Crippen LogP contribution < -0.4 is 16.0 Å². The van der Waals surface area contributed by atoms with E-state index in [1.807, 2.05) is 0 Å². The van der Waals surface area contributed by atoms with Gasteiger partial charge in [-0.25, -0.2) is 9.59 Å².